The van der Waals surface area contributed by atoms with E-state index in [2.05, 4.69) is 5.32 Å². The highest BCUT2D eigenvalue weighted by Gasteiger charge is 2.29. The normalized spacial score (nSPS) is 31.4. The number of ether oxygens (including phenoxy) is 1. The molecule has 0 spiro atoms. The van der Waals surface area contributed by atoms with Crippen LogP contribution in [-0.4, -0.2) is 31.9 Å². The molecule has 1 N–H and O–H groups in total. The summed E-state index contributed by atoms with van der Waals surface area (Å²) in [7, 11) is 1.54. The van der Waals surface area contributed by atoms with Gasteiger partial charge in [-0.1, -0.05) is 166 Å². The molecule has 42 heavy (non-hydrogen) atoms. The van der Waals surface area contributed by atoms with Crippen molar-refractivity contribution in [2.24, 2.45) is 11.8 Å². The average Bonchev–Trinajstić information content (AvgIpc) is 3.01. The first kappa shape index (κ1) is 34.4. The van der Waals surface area contributed by atoms with Gasteiger partial charge in [0.2, 0.25) is 5.91 Å². The summed E-state index contributed by atoms with van der Waals surface area (Å²) in [6.07, 6.45) is 42.2. The number of carbonyl (C=O) groups is 1. The second-order valence-corrected chi connectivity index (χ2v) is 15.5. The van der Waals surface area contributed by atoms with Crippen molar-refractivity contribution < 1.29 is 9.53 Å². The number of hydrogen-bond acceptors (Lipinski definition) is 2. The van der Waals surface area contributed by atoms with Gasteiger partial charge in [0.15, 0.2) is 0 Å². The van der Waals surface area contributed by atoms with Crippen LogP contribution in [0.2, 0.25) is 11.6 Å². The second kappa shape index (κ2) is 21.3. The highest BCUT2D eigenvalue weighted by molar-refractivity contribution is 6.39. The van der Waals surface area contributed by atoms with Crippen LogP contribution in [0.25, 0.3) is 0 Å². The number of nitrogens with one attached hydrogen (secondary N) is 1. The van der Waals surface area contributed by atoms with E-state index >= 15 is 0 Å². The molecule has 4 heteroatoms. The van der Waals surface area contributed by atoms with E-state index in [4.69, 9.17) is 4.74 Å². The third kappa shape index (κ3) is 14.1. The zero-order chi connectivity index (χ0) is 29.1. The van der Waals surface area contributed by atoms with Crippen LogP contribution < -0.4 is 5.32 Å². The molecule has 0 saturated heterocycles. The maximum Gasteiger partial charge on any atom is 0.246 e. The lowest BCUT2D eigenvalue weighted by Gasteiger charge is -2.35. The summed E-state index contributed by atoms with van der Waals surface area (Å²) < 4.78 is 6.15. The van der Waals surface area contributed by atoms with E-state index in [1.54, 1.807) is 7.28 Å². The zero-order valence-corrected chi connectivity index (χ0v) is 27.9. The number of rotatable bonds is 7. The Hall–Kier alpha value is -0.505. The molecule has 1 amide bonds. The molecule has 0 bridgehead atoms. The van der Waals surface area contributed by atoms with E-state index < -0.39 is 0 Å². The molecule has 0 aromatic rings. The Labute approximate surface area is 262 Å². The largest absolute Gasteiger partial charge is 0.368 e. The molecule has 2 atom stereocenters. The fourth-order valence-corrected chi connectivity index (χ4v) is 9.42. The van der Waals surface area contributed by atoms with Crippen molar-refractivity contribution in [2.45, 2.75) is 216 Å². The minimum absolute atomic E-state index is 0.135. The lowest BCUT2D eigenvalue weighted by atomic mass is 9.50. The summed E-state index contributed by atoms with van der Waals surface area (Å²) in [4.78, 5) is 12.8. The predicted octanol–water partition coefficient (Wildman–Crippen LogP) is 10.9. The number of hydrogen-bond donors (Lipinski definition) is 1. The molecular weight excluding hydrogens is 513 g/mol. The van der Waals surface area contributed by atoms with Crippen LogP contribution in [0.3, 0.4) is 0 Å². The fourth-order valence-electron chi connectivity index (χ4n) is 9.42. The van der Waals surface area contributed by atoms with Crippen LogP contribution in [0.1, 0.15) is 193 Å². The third-order valence-corrected chi connectivity index (χ3v) is 12.1. The molecule has 4 saturated carbocycles. The first-order valence-corrected chi connectivity index (χ1v) is 19.7. The minimum atomic E-state index is 0.135. The highest BCUT2D eigenvalue weighted by Crippen LogP contribution is 2.39. The standard InChI is InChI=1S/C38H70BNO2/c41-38(31-42-37-25-16-9-5-2-6-10-17-26-37)40-36-29-27-33(28-30-36)32-19-12-11-15-23-35(24-18-20-32)39-34-21-13-7-3-1-4-8-14-22-34/h32-37,39H,1-31H2,(H,40,41). The van der Waals surface area contributed by atoms with Crippen molar-refractivity contribution in [3.05, 3.63) is 0 Å². The van der Waals surface area contributed by atoms with Gasteiger partial charge in [-0.2, -0.15) is 0 Å². The van der Waals surface area contributed by atoms with E-state index in [-0.39, 0.29) is 12.5 Å². The fraction of sp³-hybridized carbons (Fsp3) is 0.974. The van der Waals surface area contributed by atoms with Gasteiger partial charge in [0.05, 0.1) is 6.10 Å². The monoisotopic (exact) mass is 584 g/mol. The molecule has 4 fully saturated rings. The molecule has 0 aromatic carbocycles. The van der Waals surface area contributed by atoms with E-state index in [1.807, 2.05) is 0 Å². The lowest BCUT2D eigenvalue weighted by molar-refractivity contribution is -0.129. The van der Waals surface area contributed by atoms with Crippen molar-refractivity contribution in [2.75, 3.05) is 6.61 Å². The summed E-state index contributed by atoms with van der Waals surface area (Å²) in [5.41, 5.74) is 0. The molecule has 0 radical (unpaired) electrons. The van der Waals surface area contributed by atoms with E-state index in [1.165, 1.54) is 180 Å². The Morgan fingerprint density at radius 2 is 0.881 bits per heavy atom. The van der Waals surface area contributed by atoms with Gasteiger partial charge in [-0.15, -0.1) is 0 Å². The minimum Gasteiger partial charge on any atom is -0.368 e. The van der Waals surface area contributed by atoms with Gasteiger partial charge < -0.3 is 10.1 Å². The molecule has 4 aliphatic rings. The smallest absolute Gasteiger partial charge is 0.246 e. The number of amides is 1. The molecular formula is C38H70BNO2. The molecule has 0 aliphatic heterocycles. The Balaban J connectivity index is 1.13. The average molecular weight is 584 g/mol. The quantitative estimate of drug-likeness (QED) is 0.303. The predicted molar refractivity (Wildman–Crippen MR) is 182 cm³/mol. The SMILES string of the molecule is O=C(COC1CCCCCCCCC1)NC1CCC(C2CCCCCC(BC3CCCCCCCCC3)CCC2)CC1. The molecule has 4 rings (SSSR count). The summed E-state index contributed by atoms with van der Waals surface area (Å²) in [5, 5.41) is 3.37. The van der Waals surface area contributed by atoms with Gasteiger partial charge in [-0.05, 0) is 50.4 Å². The van der Waals surface area contributed by atoms with E-state index in [9.17, 15) is 4.79 Å². The van der Waals surface area contributed by atoms with Crippen LogP contribution in [0.5, 0.6) is 0 Å². The van der Waals surface area contributed by atoms with Crippen molar-refractivity contribution in [3.63, 3.8) is 0 Å². The molecule has 0 aromatic heterocycles. The summed E-state index contributed by atoms with van der Waals surface area (Å²) in [6, 6.07) is 0.377. The topological polar surface area (TPSA) is 38.3 Å². The third-order valence-electron chi connectivity index (χ3n) is 12.1. The lowest BCUT2D eigenvalue weighted by Crippen LogP contribution is -2.41. The molecule has 2 unspecified atom stereocenters. The van der Waals surface area contributed by atoms with Crippen molar-refractivity contribution in [1.82, 2.24) is 5.32 Å². The first-order chi connectivity index (χ1) is 20.8. The van der Waals surface area contributed by atoms with Gasteiger partial charge in [0.25, 0.3) is 0 Å². The van der Waals surface area contributed by atoms with Crippen LogP contribution in [0.15, 0.2) is 0 Å². The Kier molecular flexibility index (Phi) is 17.4. The van der Waals surface area contributed by atoms with Crippen LogP contribution in [0, 0.1) is 11.8 Å². The summed E-state index contributed by atoms with van der Waals surface area (Å²) in [5.74, 6) is 3.99. The molecule has 3 nitrogen and oxygen atoms in total. The van der Waals surface area contributed by atoms with Crippen LogP contribution in [-0.2, 0) is 9.53 Å². The van der Waals surface area contributed by atoms with Crippen LogP contribution in [0.4, 0.5) is 0 Å². The molecule has 242 valence electrons. The maximum atomic E-state index is 12.8. The number of carbonyl (C=O) groups excluding carboxylic acids is 1. The van der Waals surface area contributed by atoms with Crippen molar-refractivity contribution in [1.29, 1.82) is 0 Å². The Bertz CT molecular complexity index is 673. The molecule has 4 aliphatic carbocycles. The maximum absolute atomic E-state index is 12.8. The molecule has 0 heterocycles. The summed E-state index contributed by atoms with van der Waals surface area (Å²) >= 11 is 0. The zero-order valence-electron chi connectivity index (χ0n) is 27.9. The van der Waals surface area contributed by atoms with Crippen molar-refractivity contribution >= 4 is 13.2 Å². The summed E-state index contributed by atoms with van der Waals surface area (Å²) in [6.45, 7) is 0.273. The second-order valence-electron chi connectivity index (χ2n) is 15.5. The van der Waals surface area contributed by atoms with Gasteiger partial charge >= 0.3 is 0 Å². The van der Waals surface area contributed by atoms with Gasteiger partial charge in [-0.25, -0.2) is 0 Å². The Morgan fingerprint density at radius 1 is 0.476 bits per heavy atom. The van der Waals surface area contributed by atoms with Gasteiger partial charge in [-0.3, -0.25) is 4.79 Å². The first-order valence-electron chi connectivity index (χ1n) is 19.7. The van der Waals surface area contributed by atoms with E-state index in [0.717, 1.165) is 36.3 Å². The van der Waals surface area contributed by atoms with Crippen molar-refractivity contribution in [3.8, 4) is 0 Å². The Morgan fingerprint density at radius 3 is 1.45 bits per heavy atom. The van der Waals surface area contributed by atoms with Crippen LogP contribution >= 0.6 is 0 Å². The van der Waals surface area contributed by atoms with Gasteiger partial charge in [0, 0.05) is 6.04 Å². The highest BCUT2D eigenvalue weighted by atomic mass is 16.5. The van der Waals surface area contributed by atoms with Gasteiger partial charge in [0.1, 0.15) is 13.9 Å². The van der Waals surface area contributed by atoms with E-state index in [0.29, 0.717) is 12.1 Å².